The van der Waals surface area contributed by atoms with Crippen LogP contribution in [0, 0.1) is 0 Å². The Morgan fingerprint density at radius 1 is 1.53 bits per heavy atom. The lowest BCUT2D eigenvalue weighted by Crippen LogP contribution is -2.49. The molecule has 1 atom stereocenters. The van der Waals surface area contributed by atoms with Crippen LogP contribution in [0.3, 0.4) is 0 Å². The van der Waals surface area contributed by atoms with Gasteiger partial charge < -0.3 is 15.0 Å². The van der Waals surface area contributed by atoms with Gasteiger partial charge in [0.25, 0.3) is 0 Å². The molecule has 2 rings (SSSR count). The Morgan fingerprint density at radius 2 is 2.24 bits per heavy atom. The lowest BCUT2D eigenvalue weighted by atomic mass is 9.90. The third-order valence-corrected chi connectivity index (χ3v) is 4.08. The number of methoxy groups -OCH3 is 1. The molecule has 1 aromatic heterocycles. The molecular weight excluding hydrogens is 214 g/mol. The van der Waals surface area contributed by atoms with Crippen LogP contribution in [0.15, 0.2) is 12.4 Å². The lowest BCUT2D eigenvalue weighted by Gasteiger charge is -2.33. The Kier molecular flexibility index (Phi) is 3.84. The number of rotatable bonds is 5. The van der Waals surface area contributed by atoms with Crippen molar-refractivity contribution in [2.24, 2.45) is 5.73 Å². The second-order valence-corrected chi connectivity index (χ2v) is 4.92. The van der Waals surface area contributed by atoms with E-state index >= 15 is 0 Å². The highest BCUT2D eigenvalue weighted by atomic mass is 16.5. The predicted octanol–water partition coefficient (Wildman–Crippen LogP) is 1.73. The zero-order valence-corrected chi connectivity index (χ0v) is 10.9. The number of hydrogen-bond donors (Lipinski definition) is 1. The highest BCUT2D eigenvalue weighted by Crippen LogP contribution is 2.35. The van der Waals surface area contributed by atoms with Crippen LogP contribution in [0.4, 0.5) is 0 Å². The monoisotopic (exact) mass is 237 g/mol. The van der Waals surface area contributed by atoms with Crippen molar-refractivity contribution >= 4 is 0 Å². The average molecular weight is 237 g/mol. The molecule has 1 heterocycles. The van der Waals surface area contributed by atoms with E-state index in [9.17, 15) is 0 Å². The zero-order chi connectivity index (χ0) is 12.3. The molecule has 0 aromatic carbocycles. The van der Waals surface area contributed by atoms with Crippen LogP contribution in [0.1, 0.15) is 38.4 Å². The maximum absolute atomic E-state index is 6.36. The Bertz CT molecular complexity index is 355. The molecule has 1 saturated carbocycles. The van der Waals surface area contributed by atoms with Gasteiger partial charge in [-0.3, -0.25) is 0 Å². The van der Waals surface area contributed by atoms with Gasteiger partial charge in [-0.25, -0.2) is 4.98 Å². The predicted molar refractivity (Wildman–Crippen MR) is 67.8 cm³/mol. The van der Waals surface area contributed by atoms with Crippen LogP contribution in [-0.2, 0) is 17.7 Å². The van der Waals surface area contributed by atoms with Gasteiger partial charge in [0.05, 0.1) is 5.60 Å². The first kappa shape index (κ1) is 12.6. The molecule has 0 aliphatic heterocycles. The van der Waals surface area contributed by atoms with Crippen molar-refractivity contribution in [3.63, 3.8) is 0 Å². The van der Waals surface area contributed by atoms with Gasteiger partial charge in [-0.15, -0.1) is 0 Å². The number of aryl methyl sites for hydroxylation is 1. The Hall–Kier alpha value is -0.870. The summed E-state index contributed by atoms with van der Waals surface area (Å²) < 4.78 is 7.87. The van der Waals surface area contributed by atoms with Crippen LogP contribution < -0.4 is 5.73 Å². The largest absolute Gasteiger partial charge is 0.377 e. The molecule has 0 radical (unpaired) electrons. The third kappa shape index (κ3) is 2.38. The zero-order valence-electron chi connectivity index (χ0n) is 10.9. The van der Waals surface area contributed by atoms with Crippen molar-refractivity contribution in [3.05, 3.63) is 18.2 Å². The first-order valence-corrected chi connectivity index (χ1v) is 6.52. The maximum Gasteiger partial charge on any atom is 0.110 e. The summed E-state index contributed by atoms with van der Waals surface area (Å²) in [4.78, 5) is 4.39. The summed E-state index contributed by atoms with van der Waals surface area (Å²) in [5.74, 6) is 1.07. The van der Waals surface area contributed by atoms with E-state index in [1.807, 2.05) is 12.4 Å². The SMILES string of the molecule is CCn1ccnc1CC(N)C1(OC)CCCC1. The quantitative estimate of drug-likeness (QED) is 0.848. The van der Waals surface area contributed by atoms with Crippen LogP contribution >= 0.6 is 0 Å². The Morgan fingerprint density at radius 3 is 2.82 bits per heavy atom. The van der Waals surface area contributed by atoms with E-state index in [1.54, 1.807) is 7.11 Å². The van der Waals surface area contributed by atoms with E-state index in [0.717, 1.165) is 31.6 Å². The second kappa shape index (κ2) is 5.19. The molecule has 96 valence electrons. The molecule has 0 amide bonds. The molecule has 1 unspecified atom stereocenters. The fourth-order valence-corrected chi connectivity index (χ4v) is 2.90. The summed E-state index contributed by atoms with van der Waals surface area (Å²) in [5, 5.41) is 0. The number of aromatic nitrogens is 2. The first-order valence-electron chi connectivity index (χ1n) is 6.52. The summed E-state index contributed by atoms with van der Waals surface area (Å²) in [6, 6.07) is 0.0442. The minimum Gasteiger partial charge on any atom is -0.377 e. The van der Waals surface area contributed by atoms with Crippen LogP contribution in [0.2, 0.25) is 0 Å². The minimum absolute atomic E-state index is 0.0442. The van der Waals surface area contributed by atoms with Crippen molar-refractivity contribution in [3.8, 4) is 0 Å². The van der Waals surface area contributed by atoms with Gasteiger partial charge in [0.15, 0.2) is 0 Å². The number of nitrogens with zero attached hydrogens (tertiary/aromatic N) is 2. The van der Waals surface area contributed by atoms with Crippen molar-refractivity contribution in [1.29, 1.82) is 0 Å². The van der Waals surface area contributed by atoms with Gasteiger partial charge in [0, 0.05) is 38.5 Å². The van der Waals surface area contributed by atoms with E-state index in [-0.39, 0.29) is 11.6 Å². The van der Waals surface area contributed by atoms with Crippen LogP contribution in [0.5, 0.6) is 0 Å². The van der Waals surface area contributed by atoms with E-state index < -0.39 is 0 Å². The molecule has 17 heavy (non-hydrogen) atoms. The van der Waals surface area contributed by atoms with Crippen molar-refractivity contribution in [2.75, 3.05) is 7.11 Å². The number of imidazole rings is 1. The fraction of sp³-hybridized carbons (Fsp3) is 0.769. The molecule has 0 spiro atoms. The summed E-state index contributed by atoms with van der Waals surface area (Å²) in [7, 11) is 1.79. The van der Waals surface area contributed by atoms with Crippen molar-refractivity contribution in [1.82, 2.24) is 9.55 Å². The summed E-state index contributed by atoms with van der Waals surface area (Å²) in [5.41, 5.74) is 6.24. The fourth-order valence-electron chi connectivity index (χ4n) is 2.90. The highest BCUT2D eigenvalue weighted by Gasteiger charge is 2.40. The Labute approximate surface area is 103 Å². The molecule has 1 aliphatic rings. The topological polar surface area (TPSA) is 53.1 Å². The van der Waals surface area contributed by atoms with Gasteiger partial charge in [0.1, 0.15) is 5.82 Å². The van der Waals surface area contributed by atoms with Crippen LogP contribution in [0.25, 0.3) is 0 Å². The number of nitrogens with two attached hydrogens (primary N) is 1. The molecule has 0 bridgehead atoms. The maximum atomic E-state index is 6.36. The number of hydrogen-bond acceptors (Lipinski definition) is 3. The molecule has 1 fully saturated rings. The third-order valence-electron chi connectivity index (χ3n) is 4.08. The molecule has 1 aromatic rings. The van der Waals surface area contributed by atoms with Crippen LogP contribution in [-0.4, -0.2) is 28.3 Å². The van der Waals surface area contributed by atoms with Gasteiger partial charge >= 0.3 is 0 Å². The summed E-state index contributed by atoms with van der Waals surface area (Å²) >= 11 is 0. The average Bonchev–Trinajstić information content (AvgIpc) is 2.97. The summed E-state index contributed by atoms with van der Waals surface area (Å²) in [6.07, 6.45) is 9.27. The van der Waals surface area contributed by atoms with Crippen molar-refractivity contribution < 1.29 is 4.74 Å². The summed E-state index contributed by atoms with van der Waals surface area (Å²) in [6.45, 7) is 3.07. The second-order valence-electron chi connectivity index (χ2n) is 4.92. The number of ether oxygens (including phenoxy) is 1. The standard InChI is InChI=1S/C13H23N3O/c1-3-16-9-8-15-12(16)10-11(14)13(17-2)6-4-5-7-13/h8-9,11H,3-7,10,14H2,1-2H3. The molecule has 2 N–H and O–H groups in total. The van der Waals surface area contributed by atoms with Gasteiger partial charge in [-0.1, -0.05) is 12.8 Å². The first-order chi connectivity index (χ1) is 8.22. The molecular formula is C13H23N3O. The van der Waals surface area contributed by atoms with Gasteiger partial charge in [-0.05, 0) is 19.8 Å². The van der Waals surface area contributed by atoms with E-state index in [0.29, 0.717) is 0 Å². The normalized spacial score (nSPS) is 20.6. The van der Waals surface area contributed by atoms with Gasteiger partial charge in [-0.2, -0.15) is 0 Å². The molecule has 4 heteroatoms. The minimum atomic E-state index is -0.121. The van der Waals surface area contributed by atoms with Crippen molar-refractivity contribution in [2.45, 2.75) is 57.2 Å². The lowest BCUT2D eigenvalue weighted by molar-refractivity contribution is -0.0259. The molecule has 4 nitrogen and oxygen atoms in total. The van der Waals surface area contributed by atoms with E-state index in [1.165, 1.54) is 12.8 Å². The Balaban J connectivity index is 2.07. The van der Waals surface area contributed by atoms with E-state index in [4.69, 9.17) is 10.5 Å². The molecule has 1 aliphatic carbocycles. The van der Waals surface area contributed by atoms with Gasteiger partial charge in [0.2, 0.25) is 0 Å². The highest BCUT2D eigenvalue weighted by molar-refractivity contribution is 5.03. The smallest absolute Gasteiger partial charge is 0.110 e. The van der Waals surface area contributed by atoms with E-state index in [2.05, 4.69) is 16.5 Å². The molecule has 0 saturated heterocycles.